The first kappa shape index (κ1) is 20.1. The van der Waals surface area contributed by atoms with Gasteiger partial charge in [-0.1, -0.05) is 29.8 Å². The second kappa shape index (κ2) is 8.27. The first-order valence-electron chi connectivity index (χ1n) is 9.59. The Bertz CT molecular complexity index is 1160. The lowest BCUT2D eigenvalue weighted by Gasteiger charge is -2.30. The molecule has 0 spiro atoms. The number of amides is 2. The number of aryl methyl sites for hydroxylation is 1. The summed E-state index contributed by atoms with van der Waals surface area (Å²) in [7, 11) is 0. The monoisotopic (exact) mass is 417 g/mol. The molecule has 1 aliphatic rings. The van der Waals surface area contributed by atoms with E-state index in [1.807, 2.05) is 31.2 Å². The van der Waals surface area contributed by atoms with Gasteiger partial charge in [0.25, 0.3) is 17.5 Å². The van der Waals surface area contributed by atoms with Crippen LogP contribution in [-0.2, 0) is 11.3 Å². The molecule has 0 aliphatic carbocycles. The van der Waals surface area contributed by atoms with E-state index < -0.39 is 10.8 Å². The summed E-state index contributed by atoms with van der Waals surface area (Å²) >= 11 is 0. The van der Waals surface area contributed by atoms with Crippen LogP contribution in [0.3, 0.4) is 0 Å². The van der Waals surface area contributed by atoms with Crippen LogP contribution < -0.4 is 15.0 Å². The molecule has 1 N–H and O–H groups in total. The van der Waals surface area contributed by atoms with Crippen molar-refractivity contribution in [1.29, 1.82) is 0 Å². The van der Waals surface area contributed by atoms with Crippen molar-refractivity contribution in [3.8, 4) is 5.75 Å². The minimum absolute atomic E-state index is 0.0483. The third-order valence-corrected chi connectivity index (χ3v) is 4.96. The Labute approximate surface area is 178 Å². The van der Waals surface area contributed by atoms with Crippen molar-refractivity contribution in [2.24, 2.45) is 0 Å². The lowest BCUT2D eigenvalue weighted by atomic mass is 10.1. The zero-order valence-corrected chi connectivity index (χ0v) is 16.7. The van der Waals surface area contributed by atoms with Crippen LogP contribution in [0.4, 0.5) is 17.1 Å². The van der Waals surface area contributed by atoms with Crippen molar-refractivity contribution in [3.63, 3.8) is 0 Å². The van der Waals surface area contributed by atoms with Gasteiger partial charge >= 0.3 is 0 Å². The third kappa shape index (κ3) is 4.37. The highest BCUT2D eigenvalue weighted by Crippen LogP contribution is 2.35. The van der Waals surface area contributed by atoms with Crippen molar-refractivity contribution in [3.05, 3.63) is 93.5 Å². The van der Waals surface area contributed by atoms with Crippen molar-refractivity contribution >= 4 is 28.9 Å². The summed E-state index contributed by atoms with van der Waals surface area (Å²) in [5.41, 5.74) is 3.35. The molecule has 8 nitrogen and oxygen atoms in total. The van der Waals surface area contributed by atoms with E-state index in [1.165, 1.54) is 24.3 Å². The molecule has 156 valence electrons. The van der Waals surface area contributed by atoms with E-state index in [4.69, 9.17) is 4.74 Å². The third-order valence-electron chi connectivity index (χ3n) is 4.96. The van der Waals surface area contributed by atoms with Crippen LogP contribution in [0.2, 0.25) is 0 Å². The number of hydrogen-bond acceptors (Lipinski definition) is 5. The number of carbonyl (C=O) groups is 2. The Morgan fingerprint density at radius 2 is 1.81 bits per heavy atom. The molecule has 1 heterocycles. The summed E-state index contributed by atoms with van der Waals surface area (Å²) in [4.78, 5) is 37.0. The number of nitro benzene ring substituents is 1. The van der Waals surface area contributed by atoms with Crippen LogP contribution >= 0.6 is 0 Å². The quantitative estimate of drug-likeness (QED) is 0.498. The predicted molar refractivity (Wildman–Crippen MR) is 115 cm³/mol. The van der Waals surface area contributed by atoms with Gasteiger partial charge in [0.2, 0.25) is 0 Å². The van der Waals surface area contributed by atoms with Crippen LogP contribution in [0.5, 0.6) is 5.75 Å². The van der Waals surface area contributed by atoms with Gasteiger partial charge in [0.05, 0.1) is 17.2 Å². The number of fused-ring (bicyclic) bond motifs is 1. The van der Waals surface area contributed by atoms with E-state index >= 15 is 0 Å². The Balaban J connectivity index is 1.56. The van der Waals surface area contributed by atoms with E-state index in [1.54, 1.807) is 23.1 Å². The number of nitro groups is 1. The van der Waals surface area contributed by atoms with E-state index in [0.717, 1.165) is 11.1 Å². The highest BCUT2D eigenvalue weighted by Gasteiger charge is 2.26. The van der Waals surface area contributed by atoms with Gasteiger partial charge in [0.15, 0.2) is 6.61 Å². The Morgan fingerprint density at radius 3 is 2.48 bits per heavy atom. The zero-order chi connectivity index (χ0) is 22.0. The minimum Gasteiger partial charge on any atom is -0.482 e. The SMILES string of the molecule is Cc1ccc(CN2C(=O)COc3ccc(NC(=O)c4ccc([N+](=O)[O-])cc4)cc32)cc1. The lowest BCUT2D eigenvalue weighted by Crippen LogP contribution is -2.38. The number of benzene rings is 3. The average molecular weight is 417 g/mol. The smallest absolute Gasteiger partial charge is 0.269 e. The highest BCUT2D eigenvalue weighted by molar-refractivity contribution is 6.05. The number of ether oxygens (including phenoxy) is 1. The number of non-ortho nitro benzene ring substituents is 1. The number of carbonyl (C=O) groups excluding carboxylic acids is 2. The molecular weight excluding hydrogens is 398 g/mol. The van der Waals surface area contributed by atoms with Gasteiger partial charge in [-0.3, -0.25) is 19.7 Å². The van der Waals surface area contributed by atoms with Crippen molar-refractivity contribution in [1.82, 2.24) is 0 Å². The molecule has 4 rings (SSSR count). The van der Waals surface area contributed by atoms with Crippen LogP contribution in [0.1, 0.15) is 21.5 Å². The van der Waals surface area contributed by atoms with Crippen molar-refractivity contribution in [2.75, 3.05) is 16.8 Å². The summed E-state index contributed by atoms with van der Waals surface area (Å²) in [6, 6.07) is 18.3. The number of hydrogen-bond donors (Lipinski definition) is 1. The maximum Gasteiger partial charge on any atom is 0.269 e. The Hall–Kier alpha value is -4.20. The molecular formula is C23H19N3O5. The topological polar surface area (TPSA) is 102 Å². The van der Waals surface area contributed by atoms with E-state index in [-0.39, 0.29) is 23.8 Å². The first-order valence-corrected chi connectivity index (χ1v) is 9.59. The molecule has 0 fully saturated rings. The second-order valence-electron chi connectivity index (χ2n) is 7.19. The van der Waals surface area contributed by atoms with Gasteiger partial charge in [-0.25, -0.2) is 0 Å². The van der Waals surface area contributed by atoms with Gasteiger partial charge in [0.1, 0.15) is 5.75 Å². The summed E-state index contributed by atoms with van der Waals surface area (Å²) in [6.45, 7) is 2.33. The molecule has 2 amide bonds. The number of nitrogens with zero attached hydrogens (tertiary/aromatic N) is 2. The van der Waals surface area contributed by atoms with E-state index in [0.29, 0.717) is 23.7 Å². The summed E-state index contributed by atoms with van der Waals surface area (Å²) < 4.78 is 5.54. The second-order valence-corrected chi connectivity index (χ2v) is 7.19. The molecule has 8 heteroatoms. The maximum absolute atomic E-state index is 12.5. The highest BCUT2D eigenvalue weighted by atomic mass is 16.6. The summed E-state index contributed by atoms with van der Waals surface area (Å²) in [6.07, 6.45) is 0. The lowest BCUT2D eigenvalue weighted by molar-refractivity contribution is -0.384. The summed E-state index contributed by atoms with van der Waals surface area (Å²) in [5.74, 6) is -0.0325. The molecule has 0 saturated carbocycles. The van der Waals surface area contributed by atoms with Crippen molar-refractivity contribution < 1.29 is 19.2 Å². The maximum atomic E-state index is 12.5. The number of nitrogens with one attached hydrogen (secondary N) is 1. The fourth-order valence-electron chi connectivity index (χ4n) is 3.27. The normalized spacial score (nSPS) is 12.7. The fraction of sp³-hybridized carbons (Fsp3) is 0.130. The Morgan fingerprint density at radius 1 is 1.10 bits per heavy atom. The molecule has 0 saturated heterocycles. The Kier molecular flexibility index (Phi) is 5.36. The van der Waals surface area contributed by atoms with Gasteiger partial charge in [-0.05, 0) is 42.8 Å². The van der Waals surface area contributed by atoms with Crippen LogP contribution in [0.15, 0.2) is 66.7 Å². The molecule has 0 aromatic heterocycles. The average Bonchev–Trinajstić information content (AvgIpc) is 2.77. The van der Waals surface area contributed by atoms with E-state index in [9.17, 15) is 19.7 Å². The van der Waals surface area contributed by atoms with Crippen molar-refractivity contribution in [2.45, 2.75) is 13.5 Å². The largest absolute Gasteiger partial charge is 0.482 e. The molecule has 1 aliphatic heterocycles. The number of anilines is 2. The zero-order valence-electron chi connectivity index (χ0n) is 16.7. The van der Waals surface area contributed by atoms with Crippen LogP contribution in [0.25, 0.3) is 0 Å². The standard InChI is InChI=1S/C23H19N3O5/c1-15-2-4-16(5-3-15)13-25-20-12-18(8-11-21(20)31-14-22(25)27)24-23(28)17-6-9-19(10-7-17)26(29)30/h2-12H,13-14H2,1H3,(H,24,28). The number of rotatable bonds is 5. The van der Waals surface area contributed by atoms with Gasteiger partial charge < -0.3 is 15.0 Å². The molecule has 31 heavy (non-hydrogen) atoms. The van der Waals surface area contributed by atoms with Gasteiger partial charge in [-0.2, -0.15) is 0 Å². The molecule has 0 unspecified atom stereocenters. The fourth-order valence-corrected chi connectivity index (χ4v) is 3.27. The first-order chi connectivity index (χ1) is 14.9. The molecule has 3 aromatic rings. The minimum atomic E-state index is -0.523. The molecule has 0 radical (unpaired) electrons. The van der Waals surface area contributed by atoms with Gasteiger partial charge in [-0.15, -0.1) is 0 Å². The van der Waals surface area contributed by atoms with E-state index in [2.05, 4.69) is 5.32 Å². The molecule has 3 aromatic carbocycles. The van der Waals surface area contributed by atoms with Crippen LogP contribution in [0, 0.1) is 17.0 Å². The predicted octanol–water partition coefficient (Wildman–Crippen LogP) is 4.08. The van der Waals surface area contributed by atoms with Crippen LogP contribution in [-0.4, -0.2) is 23.3 Å². The summed E-state index contributed by atoms with van der Waals surface area (Å²) in [5, 5.41) is 13.5. The molecule has 0 bridgehead atoms. The van der Waals surface area contributed by atoms with Gasteiger partial charge in [0, 0.05) is 23.4 Å². The molecule has 0 atom stereocenters.